The van der Waals surface area contributed by atoms with E-state index in [2.05, 4.69) is 84.8 Å². The topological polar surface area (TPSA) is 229 Å². The van der Waals surface area contributed by atoms with Gasteiger partial charge in [-0.15, -0.1) is 0 Å². The molecule has 6 atom stereocenters. The van der Waals surface area contributed by atoms with Crippen molar-refractivity contribution >= 4 is 41.5 Å². The van der Waals surface area contributed by atoms with Gasteiger partial charge in [-0.1, -0.05) is 109 Å². The Morgan fingerprint density at radius 1 is 0.631 bits per heavy atom. The number of primary amides is 2. The lowest BCUT2D eigenvalue weighted by atomic mass is 9.85. The molecule has 0 aromatic heterocycles. The Morgan fingerprint density at radius 2 is 1.00 bits per heavy atom. The quantitative estimate of drug-likeness (QED) is 0.0987. The van der Waals surface area contributed by atoms with Crippen molar-refractivity contribution in [2.45, 2.75) is 140 Å². The molecule has 0 bridgehead atoms. The first-order valence-corrected chi connectivity index (χ1v) is 22.9. The largest absolute Gasteiger partial charge is 0.465 e. The molecule has 3 fully saturated rings. The number of likely N-dealkylation sites (tertiary alicyclic amines) is 2. The van der Waals surface area contributed by atoms with Crippen molar-refractivity contribution in [2.24, 2.45) is 23.3 Å². The number of amides is 6. The van der Waals surface area contributed by atoms with Gasteiger partial charge in [-0.2, -0.15) is 0 Å². The molecule has 3 aliphatic rings. The van der Waals surface area contributed by atoms with Crippen LogP contribution in [0.25, 0.3) is 0 Å². The first-order chi connectivity index (χ1) is 30.6. The van der Waals surface area contributed by atoms with Gasteiger partial charge in [0.15, 0.2) is 0 Å². The number of benzene rings is 3. The smallest absolute Gasteiger partial charge is 0.405 e. The van der Waals surface area contributed by atoms with Crippen LogP contribution in [0.4, 0.5) is 15.3 Å². The van der Waals surface area contributed by atoms with Gasteiger partial charge in [-0.05, 0) is 95.7 Å². The molecular weight excluding hydrogens is 827 g/mol. The van der Waals surface area contributed by atoms with Gasteiger partial charge in [-0.3, -0.25) is 19.2 Å². The highest BCUT2D eigenvalue weighted by Gasteiger charge is 2.52. The van der Waals surface area contributed by atoms with Crippen LogP contribution in [0.2, 0.25) is 0 Å². The fourth-order valence-electron chi connectivity index (χ4n) is 10.4. The van der Waals surface area contributed by atoms with Crippen molar-refractivity contribution in [1.29, 1.82) is 0 Å². The summed E-state index contributed by atoms with van der Waals surface area (Å²) in [5.74, 6) is -2.83. The first kappa shape index (κ1) is 48.3. The summed E-state index contributed by atoms with van der Waals surface area (Å²) in [5.41, 5.74) is 15.7. The predicted molar refractivity (Wildman–Crippen MR) is 248 cm³/mol. The summed E-state index contributed by atoms with van der Waals surface area (Å²) in [4.78, 5) is 82.9. The van der Waals surface area contributed by atoms with Crippen molar-refractivity contribution in [3.63, 3.8) is 0 Å². The summed E-state index contributed by atoms with van der Waals surface area (Å²) in [7, 11) is 0. The third kappa shape index (κ3) is 9.93. The molecule has 65 heavy (non-hydrogen) atoms. The Hall–Kier alpha value is -6.12. The molecule has 15 heteroatoms. The van der Waals surface area contributed by atoms with Crippen molar-refractivity contribution in [3.05, 3.63) is 101 Å². The zero-order chi connectivity index (χ0) is 47.6. The molecule has 8 N–H and O–H groups in total. The fourth-order valence-corrected chi connectivity index (χ4v) is 10.4. The maximum Gasteiger partial charge on any atom is 0.405 e. The van der Waals surface area contributed by atoms with Crippen LogP contribution < -0.4 is 27.0 Å². The fraction of sp³-hybridized carbons (Fsp3) is 0.520. The number of hydrogen-bond acceptors (Lipinski definition) is 7. The van der Waals surface area contributed by atoms with Gasteiger partial charge in [0.1, 0.15) is 23.2 Å². The highest BCUT2D eigenvalue weighted by atomic mass is 16.4. The molecule has 3 aromatic carbocycles. The number of rotatable bonds is 15. The number of carboxylic acid groups (broad SMARTS) is 2. The lowest BCUT2D eigenvalue weighted by molar-refractivity contribution is -0.145. The summed E-state index contributed by atoms with van der Waals surface area (Å²) in [6.45, 7) is 14.2. The summed E-state index contributed by atoms with van der Waals surface area (Å²) in [6.07, 6.45) is 1.34. The minimum atomic E-state index is -1.31. The van der Waals surface area contributed by atoms with Crippen LogP contribution in [0.1, 0.15) is 127 Å². The van der Waals surface area contributed by atoms with Gasteiger partial charge in [0.25, 0.3) is 0 Å². The van der Waals surface area contributed by atoms with Crippen LogP contribution in [0, 0.1) is 11.8 Å². The minimum absolute atomic E-state index is 0.0118. The molecule has 0 saturated carbocycles. The molecule has 2 unspecified atom stereocenters. The third-order valence-corrected chi connectivity index (χ3v) is 14.0. The molecule has 0 aliphatic carbocycles. The molecule has 15 nitrogen and oxygen atoms in total. The summed E-state index contributed by atoms with van der Waals surface area (Å²) >= 11 is 0. The molecule has 0 radical (unpaired) electrons. The number of nitrogens with zero attached hydrogens (tertiary/aromatic N) is 3. The summed E-state index contributed by atoms with van der Waals surface area (Å²) in [5, 5.41) is 23.6. The van der Waals surface area contributed by atoms with Gasteiger partial charge in [0.05, 0.1) is 12.1 Å². The third-order valence-electron chi connectivity index (χ3n) is 14.0. The number of anilines is 1. The van der Waals surface area contributed by atoms with Gasteiger partial charge >= 0.3 is 12.2 Å². The summed E-state index contributed by atoms with van der Waals surface area (Å²) in [6, 6.07) is 22.9. The number of nitrogens with one attached hydrogen (secondary N) is 2. The maximum atomic E-state index is 13.8. The number of carbonyl (C=O) groups excluding carboxylic acids is 4. The Labute approximate surface area is 382 Å². The van der Waals surface area contributed by atoms with E-state index in [-0.39, 0.29) is 42.2 Å². The van der Waals surface area contributed by atoms with Crippen molar-refractivity contribution in [2.75, 3.05) is 18.0 Å². The van der Waals surface area contributed by atoms with E-state index in [9.17, 15) is 39.0 Å². The first-order valence-electron chi connectivity index (χ1n) is 22.9. The second-order valence-electron chi connectivity index (χ2n) is 20.0. The molecule has 6 amide bonds. The van der Waals surface area contributed by atoms with Crippen LogP contribution in [0.15, 0.2) is 72.8 Å². The SMILES string of the molecule is CC(C)[C@H](NC(=O)O)C(=O)N1CCC[C@]1(Cc1ccc(C2CCC(c3ccc(C[C@]4(C(N)=O)CCCN4C(=O)[C@@H](NC(=O)O)C(C)C)cc3)N2c2ccc(C(C)(C)C)cc2)cc1)C(N)=O. The van der Waals surface area contributed by atoms with E-state index < -0.39 is 59.0 Å². The van der Waals surface area contributed by atoms with E-state index in [1.807, 2.05) is 24.3 Å². The van der Waals surface area contributed by atoms with Gasteiger partial charge < -0.3 is 47.0 Å². The number of hydrogen-bond donors (Lipinski definition) is 6. The second kappa shape index (κ2) is 19.2. The normalized spacial score (nSPS) is 23.1. The van der Waals surface area contributed by atoms with Crippen molar-refractivity contribution in [1.82, 2.24) is 20.4 Å². The Bertz CT molecular complexity index is 2110. The zero-order valence-electron chi connectivity index (χ0n) is 38.8. The van der Waals surface area contributed by atoms with Crippen LogP contribution in [0.5, 0.6) is 0 Å². The predicted octanol–water partition coefficient (Wildman–Crippen LogP) is 6.43. The number of nitrogens with two attached hydrogens (primary N) is 2. The van der Waals surface area contributed by atoms with E-state index in [4.69, 9.17) is 11.5 Å². The molecule has 0 spiro atoms. The van der Waals surface area contributed by atoms with Crippen LogP contribution in [0.3, 0.4) is 0 Å². The highest BCUT2D eigenvalue weighted by Crippen LogP contribution is 2.48. The lowest BCUT2D eigenvalue weighted by Gasteiger charge is -2.39. The van der Waals surface area contributed by atoms with Crippen LogP contribution in [-0.2, 0) is 37.4 Å². The van der Waals surface area contributed by atoms with Gasteiger partial charge in [0, 0.05) is 31.6 Å². The zero-order valence-corrected chi connectivity index (χ0v) is 38.8. The average Bonchev–Trinajstić information content (AvgIpc) is 4.00. The Kier molecular flexibility index (Phi) is 14.2. The second-order valence-corrected chi connectivity index (χ2v) is 20.0. The molecule has 3 saturated heterocycles. The molecule has 3 heterocycles. The van der Waals surface area contributed by atoms with Gasteiger partial charge in [-0.25, -0.2) is 9.59 Å². The molecule has 3 aromatic rings. The maximum absolute atomic E-state index is 13.8. The van der Waals surface area contributed by atoms with E-state index in [0.717, 1.165) is 40.8 Å². The number of carbonyl (C=O) groups is 6. The van der Waals surface area contributed by atoms with Crippen LogP contribution >= 0.6 is 0 Å². The standard InChI is InChI=1S/C50H67N7O8/c1-30(2)40(53-46(62)63)42(58)55-26-8-24-49(55,44(51)60)28-32-10-14-34(15-11-32)38-22-23-39(57(38)37-20-18-36(19-21-37)48(5,6)7)35-16-12-33(13-17-35)29-50(45(52)61)25-9-27-56(50)43(59)41(31(3)4)54-47(64)65/h10-21,30-31,38-41,53-54H,8-9,22-29H2,1-7H3,(H2,51,60)(H2,52,61)(H,62,63)(H,64,65)/t38?,39?,40-,41-,49-,50-/m0/s1. The van der Waals surface area contributed by atoms with E-state index in [1.54, 1.807) is 27.7 Å². The lowest BCUT2D eigenvalue weighted by Crippen LogP contribution is -2.62. The molecular formula is C50H67N7O8. The Morgan fingerprint density at radius 3 is 1.31 bits per heavy atom. The van der Waals surface area contributed by atoms with E-state index in [1.165, 1.54) is 15.4 Å². The Balaban J connectivity index is 1.28. The van der Waals surface area contributed by atoms with E-state index in [0.29, 0.717) is 38.8 Å². The summed E-state index contributed by atoms with van der Waals surface area (Å²) < 4.78 is 0. The van der Waals surface area contributed by atoms with Gasteiger partial charge in [0.2, 0.25) is 23.6 Å². The molecule has 3 aliphatic heterocycles. The van der Waals surface area contributed by atoms with E-state index >= 15 is 0 Å². The molecule has 6 rings (SSSR count). The average molecular weight is 894 g/mol. The minimum Gasteiger partial charge on any atom is -0.465 e. The van der Waals surface area contributed by atoms with Crippen molar-refractivity contribution in [3.8, 4) is 0 Å². The highest BCUT2D eigenvalue weighted by molar-refractivity contribution is 5.95. The monoisotopic (exact) mass is 894 g/mol. The van der Waals surface area contributed by atoms with Crippen LogP contribution in [-0.4, -0.2) is 92.1 Å². The van der Waals surface area contributed by atoms with Crippen molar-refractivity contribution < 1.29 is 39.0 Å². The molecule has 350 valence electrons.